The molecule has 0 aromatic carbocycles. The molecule has 1 fully saturated rings. The van der Waals surface area contributed by atoms with E-state index in [9.17, 15) is 10.1 Å². The molecular weight excluding hydrogens is 215 g/mol. The maximum atomic E-state index is 10.2. The van der Waals surface area contributed by atoms with Crippen LogP contribution in [0.1, 0.15) is 47.0 Å². The van der Waals surface area contributed by atoms with Crippen molar-refractivity contribution in [2.45, 2.75) is 58.2 Å². The van der Waals surface area contributed by atoms with E-state index in [1.807, 2.05) is 13.8 Å². The Balaban J connectivity index is 2.03. The van der Waals surface area contributed by atoms with Crippen LogP contribution in [0.4, 0.5) is 0 Å². The van der Waals surface area contributed by atoms with E-state index < -0.39 is 18.3 Å². The van der Waals surface area contributed by atoms with Gasteiger partial charge in [0.2, 0.25) is 0 Å². The highest BCUT2D eigenvalue weighted by molar-refractivity contribution is 6.52. The fraction of sp³-hybridized carbons (Fsp3) is 0.846. The van der Waals surface area contributed by atoms with Crippen molar-refractivity contribution >= 4 is 7.12 Å². The van der Waals surface area contributed by atoms with Gasteiger partial charge in [-0.05, 0) is 64.3 Å². The molecule has 2 bridgehead atoms. The fourth-order valence-electron chi connectivity index (χ4n) is 2.65. The third-order valence-corrected chi connectivity index (χ3v) is 4.54. The van der Waals surface area contributed by atoms with Crippen molar-refractivity contribution in [3.63, 3.8) is 0 Å². The quantitative estimate of drug-likeness (QED) is 0.736. The van der Waals surface area contributed by atoms with Gasteiger partial charge in [-0.2, -0.15) is 0 Å². The van der Waals surface area contributed by atoms with Gasteiger partial charge < -0.3 is 14.8 Å². The number of hydrogen-bond acceptors (Lipinski definition) is 3. The smallest absolute Gasteiger partial charge is 0.423 e. The van der Waals surface area contributed by atoms with Crippen LogP contribution in [-0.4, -0.2) is 28.5 Å². The second-order valence-electron chi connectivity index (χ2n) is 6.48. The molecule has 0 aromatic heterocycles. The van der Waals surface area contributed by atoms with Crippen molar-refractivity contribution in [1.29, 1.82) is 0 Å². The molecule has 4 heteroatoms. The van der Waals surface area contributed by atoms with Crippen molar-refractivity contribution in [3.05, 3.63) is 11.5 Å². The number of fused-ring (bicyclic) bond motifs is 2. The molecule has 1 saturated carbocycles. The van der Waals surface area contributed by atoms with Crippen LogP contribution in [0.3, 0.4) is 0 Å². The Hall–Kier alpha value is -0.315. The van der Waals surface area contributed by atoms with Gasteiger partial charge in [-0.15, -0.1) is 0 Å². The van der Waals surface area contributed by atoms with Gasteiger partial charge in [-0.25, -0.2) is 0 Å². The average molecular weight is 238 g/mol. The standard InChI is InChI=1S/C13H23BO3/c1-12(2,15)13(3,4)17-14(16)11-8-9-5-6-10(11)7-9/h8-10,15-16H,5-7H2,1-4H3/t9-,10-/m1/s1. The summed E-state index contributed by atoms with van der Waals surface area (Å²) in [5.41, 5.74) is -0.722. The Morgan fingerprint density at radius 1 is 1.29 bits per heavy atom. The van der Waals surface area contributed by atoms with E-state index in [0.29, 0.717) is 11.8 Å². The number of aliphatic hydroxyl groups is 1. The van der Waals surface area contributed by atoms with Gasteiger partial charge in [0.25, 0.3) is 0 Å². The highest BCUT2D eigenvalue weighted by Crippen LogP contribution is 2.44. The Kier molecular flexibility index (Phi) is 3.17. The largest absolute Gasteiger partial charge is 0.487 e. The molecule has 96 valence electrons. The summed E-state index contributed by atoms with van der Waals surface area (Å²) < 4.78 is 5.68. The molecule has 0 spiro atoms. The minimum atomic E-state index is -0.980. The Labute approximate surface area is 104 Å². The lowest BCUT2D eigenvalue weighted by molar-refractivity contribution is -0.0991. The lowest BCUT2D eigenvalue weighted by Crippen LogP contribution is -2.51. The minimum absolute atomic E-state index is 0.493. The van der Waals surface area contributed by atoms with Crippen molar-refractivity contribution in [2.75, 3.05) is 0 Å². The molecule has 17 heavy (non-hydrogen) atoms. The molecular formula is C13H23BO3. The predicted molar refractivity (Wildman–Crippen MR) is 68.3 cm³/mol. The van der Waals surface area contributed by atoms with E-state index in [4.69, 9.17) is 4.65 Å². The Bertz CT molecular complexity index is 330. The molecule has 2 aliphatic carbocycles. The monoisotopic (exact) mass is 238 g/mol. The molecule has 0 unspecified atom stereocenters. The number of rotatable bonds is 4. The van der Waals surface area contributed by atoms with Crippen LogP contribution in [0, 0.1) is 11.8 Å². The Morgan fingerprint density at radius 3 is 2.35 bits per heavy atom. The van der Waals surface area contributed by atoms with Gasteiger partial charge in [0, 0.05) is 0 Å². The molecule has 2 atom stereocenters. The van der Waals surface area contributed by atoms with Crippen LogP contribution in [0.5, 0.6) is 0 Å². The maximum absolute atomic E-state index is 10.2. The summed E-state index contributed by atoms with van der Waals surface area (Å²) in [6, 6.07) is 0. The highest BCUT2D eigenvalue weighted by atomic mass is 16.5. The first-order chi connectivity index (χ1) is 7.71. The van der Waals surface area contributed by atoms with Crippen molar-refractivity contribution in [2.24, 2.45) is 11.8 Å². The van der Waals surface area contributed by atoms with Crippen LogP contribution in [0.2, 0.25) is 0 Å². The van der Waals surface area contributed by atoms with E-state index in [0.717, 1.165) is 5.47 Å². The van der Waals surface area contributed by atoms with Gasteiger partial charge in [-0.1, -0.05) is 6.08 Å². The summed E-state index contributed by atoms with van der Waals surface area (Å²) in [5.74, 6) is 1.13. The maximum Gasteiger partial charge on any atom is 0.487 e. The zero-order valence-electron chi connectivity index (χ0n) is 11.2. The van der Waals surface area contributed by atoms with Gasteiger partial charge in [0.15, 0.2) is 0 Å². The fourth-order valence-corrected chi connectivity index (χ4v) is 2.65. The second kappa shape index (κ2) is 4.11. The molecule has 2 rings (SSSR count). The number of allylic oxidation sites excluding steroid dienone is 2. The van der Waals surface area contributed by atoms with E-state index in [2.05, 4.69) is 6.08 Å². The molecule has 0 heterocycles. The van der Waals surface area contributed by atoms with Crippen LogP contribution in [0.25, 0.3) is 0 Å². The van der Waals surface area contributed by atoms with Crippen molar-refractivity contribution in [3.8, 4) is 0 Å². The highest BCUT2D eigenvalue weighted by Gasteiger charge is 2.44. The molecule has 0 saturated heterocycles. The van der Waals surface area contributed by atoms with E-state index in [1.165, 1.54) is 19.3 Å². The first-order valence-corrected chi connectivity index (χ1v) is 6.50. The lowest BCUT2D eigenvalue weighted by Gasteiger charge is -2.39. The zero-order chi connectivity index (χ0) is 12.8. The van der Waals surface area contributed by atoms with Gasteiger partial charge in [0.05, 0.1) is 11.2 Å². The van der Waals surface area contributed by atoms with Crippen molar-refractivity contribution in [1.82, 2.24) is 0 Å². The topological polar surface area (TPSA) is 49.7 Å². The summed E-state index contributed by atoms with van der Waals surface area (Å²) in [5, 5.41) is 20.2. The van der Waals surface area contributed by atoms with Crippen LogP contribution in [0.15, 0.2) is 11.5 Å². The molecule has 2 N–H and O–H groups in total. The lowest BCUT2D eigenvalue weighted by atomic mass is 9.70. The molecule has 3 nitrogen and oxygen atoms in total. The molecule has 0 amide bonds. The summed E-state index contributed by atoms with van der Waals surface area (Å²) in [6.07, 6.45) is 5.74. The van der Waals surface area contributed by atoms with Gasteiger partial charge in [0.1, 0.15) is 0 Å². The number of hydrogen-bond donors (Lipinski definition) is 2. The zero-order valence-corrected chi connectivity index (χ0v) is 11.2. The van der Waals surface area contributed by atoms with E-state index in [1.54, 1.807) is 13.8 Å². The van der Waals surface area contributed by atoms with Crippen LogP contribution < -0.4 is 0 Å². The molecule has 0 aromatic rings. The average Bonchev–Trinajstić information content (AvgIpc) is 2.75. The first kappa shape index (κ1) is 13.1. The van der Waals surface area contributed by atoms with Crippen LogP contribution >= 0.6 is 0 Å². The minimum Gasteiger partial charge on any atom is -0.423 e. The van der Waals surface area contributed by atoms with Gasteiger partial charge in [-0.3, -0.25) is 0 Å². The first-order valence-electron chi connectivity index (χ1n) is 6.50. The third kappa shape index (κ3) is 2.44. The Morgan fingerprint density at radius 2 is 1.94 bits per heavy atom. The summed E-state index contributed by atoms with van der Waals surface area (Å²) in [4.78, 5) is 0. The summed E-state index contributed by atoms with van der Waals surface area (Å²) in [6.45, 7) is 7.03. The summed E-state index contributed by atoms with van der Waals surface area (Å²) >= 11 is 0. The van der Waals surface area contributed by atoms with Gasteiger partial charge >= 0.3 is 7.12 Å². The normalized spacial score (nSPS) is 28.5. The molecule has 0 radical (unpaired) electrons. The SMILES string of the molecule is CC(C)(O)C(C)(C)OB(O)C1=C[C@@H]2CC[C@@H]1C2. The predicted octanol–water partition coefficient (Wildman–Crippen LogP) is 1.93. The van der Waals surface area contributed by atoms with E-state index in [-0.39, 0.29) is 0 Å². The molecule has 2 aliphatic rings. The van der Waals surface area contributed by atoms with Crippen LogP contribution in [-0.2, 0) is 4.65 Å². The van der Waals surface area contributed by atoms with Crippen molar-refractivity contribution < 1.29 is 14.8 Å². The molecule has 0 aliphatic heterocycles. The summed E-state index contributed by atoms with van der Waals surface area (Å²) in [7, 11) is -0.869. The second-order valence-corrected chi connectivity index (χ2v) is 6.48. The third-order valence-electron chi connectivity index (χ3n) is 4.54. The van der Waals surface area contributed by atoms with E-state index >= 15 is 0 Å².